The summed E-state index contributed by atoms with van der Waals surface area (Å²) in [5, 5.41) is 0. The van der Waals surface area contributed by atoms with Gasteiger partial charge in [0, 0.05) is 18.9 Å². The van der Waals surface area contributed by atoms with Gasteiger partial charge in [0.25, 0.3) is 0 Å². The van der Waals surface area contributed by atoms with Crippen LogP contribution in [0, 0.1) is 5.92 Å². The van der Waals surface area contributed by atoms with Crippen molar-refractivity contribution in [2.45, 2.75) is 38.9 Å². The molecule has 0 aromatic rings. The Bertz CT molecular complexity index is 261. The van der Waals surface area contributed by atoms with Crippen molar-refractivity contribution in [1.82, 2.24) is 4.90 Å². The van der Waals surface area contributed by atoms with Gasteiger partial charge in [-0.3, -0.25) is 4.79 Å². The SMILES string of the molecule is CCCC(C)C(=O)N1CCC2(C1)OCCO2. The highest BCUT2D eigenvalue weighted by Crippen LogP contribution is 2.31. The smallest absolute Gasteiger partial charge is 0.225 e. The van der Waals surface area contributed by atoms with E-state index in [0.29, 0.717) is 19.8 Å². The summed E-state index contributed by atoms with van der Waals surface area (Å²) >= 11 is 0. The van der Waals surface area contributed by atoms with Gasteiger partial charge in [-0.1, -0.05) is 20.3 Å². The van der Waals surface area contributed by atoms with E-state index in [0.717, 1.165) is 25.8 Å². The zero-order valence-electron chi connectivity index (χ0n) is 10.2. The molecule has 4 heteroatoms. The molecule has 0 aromatic carbocycles. The van der Waals surface area contributed by atoms with Crippen molar-refractivity contribution in [2.75, 3.05) is 26.3 Å². The number of amides is 1. The van der Waals surface area contributed by atoms with Crippen LogP contribution in [0.15, 0.2) is 0 Å². The maximum absolute atomic E-state index is 12.1. The largest absolute Gasteiger partial charge is 0.346 e. The molecule has 2 saturated heterocycles. The van der Waals surface area contributed by atoms with Crippen LogP contribution in [-0.2, 0) is 14.3 Å². The van der Waals surface area contributed by atoms with Gasteiger partial charge < -0.3 is 14.4 Å². The lowest BCUT2D eigenvalue weighted by molar-refractivity contribution is -0.154. The lowest BCUT2D eigenvalue weighted by atomic mass is 10.1. The zero-order chi connectivity index (χ0) is 11.6. The Morgan fingerprint density at radius 3 is 2.75 bits per heavy atom. The number of ether oxygens (including phenoxy) is 2. The van der Waals surface area contributed by atoms with Crippen molar-refractivity contribution in [3.63, 3.8) is 0 Å². The van der Waals surface area contributed by atoms with Crippen molar-refractivity contribution in [3.8, 4) is 0 Å². The Morgan fingerprint density at radius 1 is 1.44 bits per heavy atom. The van der Waals surface area contributed by atoms with E-state index in [1.54, 1.807) is 0 Å². The third-order valence-electron chi connectivity index (χ3n) is 3.46. The van der Waals surface area contributed by atoms with E-state index in [-0.39, 0.29) is 11.8 Å². The fraction of sp³-hybridized carbons (Fsp3) is 0.917. The summed E-state index contributed by atoms with van der Waals surface area (Å²) in [7, 11) is 0. The second-order valence-corrected chi connectivity index (χ2v) is 4.81. The first-order valence-corrected chi connectivity index (χ1v) is 6.23. The van der Waals surface area contributed by atoms with E-state index in [4.69, 9.17) is 9.47 Å². The molecule has 0 N–H and O–H groups in total. The van der Waals surface area contributed by atoms with Gasteiger partial charge in [-0.25, -0.2) is 0 Å². The average molecular weight is 227 g/mol. The highest BCUT2D eigenvalue weighted by Gasteiger charge is 2.45. The van der Waals surface area contributed by atoms with Crippen molar-refractivity contribution in [2.24, 2.45) is 5.92 Å². The summed E-state index contributed by atoms with van der Waals surface area (Å²) in [6.07, 6.45) is 2.83. The van der Waals surface area contributed by atoms with E-state index in [9.17, 15) is 4.79 Å². The maximum atomic E-state index is 12.1. The minimum absolute atomic E-state index is 0.126. The molecule has 1 spiro atoms. The van der Waals surface area contributed by atoms with Gasteiger partial charge in [0.1, 0.15) is 0 Å². The first-order chi connectivity index (χ1) is 7.67. The minimum Gasteiger partial charge on any atom is -0.346 e. The van der Waals surface area contributed by atoms with Crippen LogP contribution >= 0.6 is 0 Å². The molecule has 16 heavy (non-hydrogen) atoms. The van der Waals surface area contributed by atoms with E-state index in [2.05, 4.69) is 6.92 Å². The van der Waals surface area contributed by atoms with E-state index >= 15 is 0 Å². The number of nitrogens with zero attached hydrogens (tertiary/aromatic N) is 1. The standard InChI is InChI=1S/C12H21NO3/c1-3-4-10(2)11(14)13-6-5-12(9-13)15-7-8-16-12/h10H,3-9H2,1-2H3. The number of hydrogen-bond donors (Lipinski definition) is 0. The molecule has 92 valence electrons. The molecule has 0 aliphatic carbocycles. The lowest BCUT2D eigenvalue weighted by Gasteiger charge is -2.24. The molecular formula is C12H21NO3. The Hall–Kier alpha value is -0.610. The summed E-state index contributed by atoms with van der Waals surface area (Å²) < 4.78 is 11.2. The van der Waals surface area contributed by atoms with Crippen molar-refractivity contribution in [3.05, 3.63) is 0 Å². The number of hydrogen-bond acceptors (Lipinski definition) is 3. The van der Waals surface area contributed by atoms with Gasteiger partial charge in [-0.15, -0.1) is 0 Å². The van der Waals surface area contributed by atoms with Crippen LogP contribution in [0.1, 0.15) is 33.1 Å². The van der Waals surface area contributed by atoms with Gasteiger partial charge >= 0.3 is 0 Å². The molecular weight excluding hydrogens is 206 g/mol. The van der Waals surface area contributed by atoms with E-state index < -0.39 is 5.79 Å². The Balaban J connectivity index is 1.90. The first kappa shape index (κ1) is 11.9. The van der Waals surface area contributed by atoms with Gasteiger partial charge in [-0.05, 0) is 6.42 Å². The van der Waals surface area contributed by atoms with E-state index in [1.807, 2.05) is 11.8 Å². The molecule has 0 saturated carbocycles. The molecule has 0 radical (unpaired) electrons. The third-order valence-corrected chi connectivity index (χ3v) is 3.46. The number of carbonyl (C=O) groups excluding carboxylic acids is 1. The molecule has 2 rings (SSSR count). The van der Waals surface area contributed by atoms with Crippen LogP contribution in [0.2, 0.25) is 0 Å². The quantitative estimate of drug-likeness (QED) is 0.731. The normalized spacial score (nSPS) is 25.2. The second-order valence-electron chi connectivity index (χ2n) is 4.81. The van der Waals surface area contributed by atoms with Crippen LogP contribution in [0.4, 0.5) is 0 Å². The molecule has 2 aliphatic rings. The second kappa shape index (κ2) is 4.72. The Kier molecular flexibility index (Phi) is 3.50. The zero-order valence-corrected chi connectivity index (χ0v) is 10.2. The first-order valence-electron chi connectivity index (χ1n) is 6.23. The van der Waals surface area contributed by atoms with Crippen molar-refractivity contribution in [1.29, 1.82) is 0 Å². The molecule has 0 bridgehead atoms. The number of likely N-dealkylation sites (tertiary alicyclic amines) is 1. The fourth-order valence-corrected chi connectivity index (χ4v) is 2.54. The van der Waals surface area contributed by atoms with Gasteiger partial charge in [0.05, 0.1) is 19.8 Å². The average Bonchev–Trinajstić information content (AvgIpc) is 2.89. The molecule has 0 aromatic heterocycles. The van der Waals surface area contributed by atoms with Crippen LogP contribution in [0.5, 0.6) is 0 Å². The molecule has 2 fully saturated rings. The summed E-state index contributed by atoms with van der Waals surface area (Å²) in [6, 6.07) is 0. The summed E-state index contributed by atoms with van der Waals surface area (Å²) in [5.41, 5.74) is 0. The Morgan fingerprint density at radius 2 is 2.12 bits per heavy atom. The molecule has 1 atom stereocenters. The van der Waals surface area contributed by atoms with Crippen LogP contribution in [0.25, 0.3) is 0 Å². The molecule has 1 unspecified atom stereocenters. The highest BCUT2D eigenvalue weighted by molar-refractivity contribution is 5.78. The van der Waals surface area contributed by atoms with Gasteiger partial charge in [-0.2, -0.15) is 0 Å². The predicted molar refractivity (Wildman–Crippen MR) is 59.9 cm³/mol. The topological polar surface area (TPSA) is 38.8 Å². The number of carbonyl (C=O) groups is 1. The maximum Gasteiger partial charge on any atom is 0.225 e. The summed E-state index contributed by atoms with van der Waals surface area (Å²) in [5.74, 6) is -0.0962. The summed E-state index contributed by atoms with van der Waals surface area (Å²) in [4.78, 5) is 14.0. The molecule has 2 heterocycles. The van der Waals surface area contributed by atoms with Crippen molar-refractivity contribution >= 4 is 5.91 Å². The molecule has 2 aliphatic heterocycles. The predicted octanol–water partition coefficient (Wildman–Crippen LogP) is 1.40. The fourth-order valence-electron chi connectivity index (χ4n) is 2.54. The molecule has 4 nitrogen and oxygen atoms in total. The van der Waals surface area contributed by atoms with E-state index in [1.165, 1.54) is 0 Å². The van der Waals surface area contributed by atoms with Crippen LogP contribution < -0.4 is 0 Å². The van der Waals surface area contributed by atoms with Gasteiger partial charge in [0.15, 0.2) is 5.79 Å². The lowest BCUT2D eigenvalue weighted by Crippen LogP contribution is -2.39. The summed E-state index contributed by atoms with van der Waals surface area (Å²) in [6.45, 7) is 6.82. The van der Waals surface area contributed by atoms with Crippen LogP contribution in [-0.4, -0.2) is 42.9 Å². The Labute approximate surface area is 96.9 Å². The molecule has 1 amide bonds. The van der Waals surface area contributed by atoms with Gasteiger partial charge in [0.2, 0.25) is 5.91 Å². The third kappa shape index (κ3) is 2.23. The number of rotatable bonds is 3. The monoisotopic (exact) mass is 227 g/mol. The highest BCUT2D eigenvalue weighted by atomic mass is 16.7. The van der Waals surface area contributed by atoms with Crippen molar-refractivity contribution < 1.29 is 14.3 Å². The van der Waals surface area contributed by atoms with Crippen LogP contribution in [0.3, 0.4) is 0 Å². The minimum atomic E-state index is -0.471.